The van der Waals surface area contributed by atoms with Crippen LogP contribution in [0.1, 0.15) is 63.1 Å². The molecule has 2 aromatic heterocycles. The fourth-order valence-electron chi connectivity index (χ4n) is 2.05. The van der Waals surface area contributed by atoms with Crippen LogP contribution in [0.5, 0.6) is 0 Å². The summed E-state index contributed by atoms with van der Waals surface area (Å²) in [6.45, 7) is 8.31. The minimum absolute atomic E-state index is 0.0332. The molecule has 0 saturated heterocycles. The first-order chi connectivity index (χ1) is 15.8. The second-order valence-electron chi connectivity index (χ2n) is 6.68. The third-order valence-corrected chi connectivity index (χ3v) is 9.96. The second-order valence-corrected chi connectivity index (χ2v) is 13.8. The number of thiophene rings is 2. The van der Waals surface area contributed by atoms with Crippen LogP contribution in [0.2, 0.25) is 8.87 Å². The standard InChI is InChI=1S/2C7H8N3S2.2C4H9.Sn/c2*1-5(9-10-7(8)11)6-3-2-4-12-6;2*1-3-4-2;/h2*2-4H,1H3,(H2-,8,10,11);2*1,3-4H2,2H3;/q2*-1;;;/p+2/b2*9-5-;;;. The average Bonchev–Trinajstić information content (AvgIpc) is 3.51. The van der Waals surface area contributed by atoms with Crippen molar-refractivity contribution in [3.05, 3.63) is 56.2 Å². The van der Waals surface area contributed by atoms with Gasteiger partial charge in [-0.3, -0.25) is 10.2 Å². The summed E-state index contributed by atoms with van der Waals surface area (Å²) in [6, 6.07) is 7.85. The number of hydrogen-bond acceptors (Lipinski definition) is 6. The quantitative estimate of drug-likeness (QED) is 0.0681. The molecule has 0 unspecified atom stereocenters. The Hall–Kier alpha value is -0.821. The van der Waals surface area contributed by atoms with Gasteiger partial charge in [0.1, 0.15) is 10.3 Å². The van der Waals surface area contributed by atoms with Crippen LogP contribution in [0.4, 0.5) is 0 Å². The van der Waals surface area contributed by atoms with Gasteiger partial charge in [0.25, 0.3) is 0 Å². The first-order valence-corrected chi connectivity index (χ1v) is 17.5. The molecule has 0 spiro atoms. The van der Waals surface area contributed by atoms with Gasteiger partial charge in [-0.1, -0.05) is 12.1 Å². The third kappa shape index (κ3) is 19.2. The summed E-state index contributed by atoms with van der Waals surface area (Å²) in [4.78, 5) is 2.15. The molecule has 0 atom stereocenters. The molecule has 0 fully saturated rings. The van der Waals surface area contributed by atoms with E-state index in [1.54, 1.807) is 31.5 Å². The molecule has 2 heterocycles. The molecule has 33 heavy (non-hydrogen) atoms. The van der Waals surface area contributed by atoms with E-state index in [0.29, 0.717) is 0 Å². The van der Waals surface area contributed by atoms with Crippen molar-refractivity contribution >= 4 is 90.8 Å². The van der Waals surface area contributed by atoms with E-state index in [2.05, 4.69) is 59.5 Å². The molecular weight excluding hydrogens is 595 g/mol. The summed E-state index contributed by atoms with van der Waals surface area (Å²) >= 11 is 9.21. The van der Waals surface area contributed by atoms with E-state index in [1.165, 1.54) is 25.7 Å². The van der Waals surface area contributed by atoms with E-state index in [0.717, 1.165) is 21.2 Å². The fourth-order valence-corrected chi connectivity index (χ4v) is 7.65. The van der Waals surface area contributed by atoms with Crippen molar-refractivity contribution in [3.8, 4) is 0 Å². The van der Waals surface area contributed by atoms with Gasteiger partial charge >= 0.3 is 69.5 Å². The van der Waals surface area contributed by atoms with E-state index in [-0.39, 0.29) is 31.5 Å². The van der Waals surface area contributed by atoms with Crippen molar-refractivity contribution in [2.24, 2.45) is 20.4 Å². The predicted molar refractivity (Wildman–Crippen MR) is 162 cm³/mol. The second kappa shape index (κ2) is 21.7. The third-order valence-electron chi connectivity index (χ3n) is 3.77. The van der Waals surface area contributed by atoms with Crippen molar-refractivity contribution < 1.29 is 0 Å². The van der Waals surface area contributed by atoms with Crippen molar-refractivity contribution in [3.63, 3.8) is 0 Å². The molecule has 0 bridgehead atoms. The molecule has 2 N–H and O–H groups in total. The molecule has 0 saturated carbocycles. The number of unbranched alkanes of at least 4 members (excludes halogenated alkanes) is 2. The molecule has 182 valence electrons. The van der Waals surface area contributed by atoms with Crippen molar-refractivity contribution in [1.29, 1.82) is 0 Å². The van der Waals surface area contributed by atoms with Crippen LogP contribution < -0.4 is 0 Å². The van der Waals surface area contributed by atoms with Crippen molar-refractivity contribution in [2.45, 2.75) is 62.3 Å². The van der Waals surface area contributed by atoms with E-state index in [9.17, 15) is 0 Å². The van der Waals surface area contributed by atoms with Gasteiger partial charge in [-0.25, -0.2) is 0 Å². The van der Waals surface area contributed by atoms with Gasteiger partial charge < -0.3 is 21.7 Å². The van der Waals surface area contributed by atoms with Gasteiger partial charge in [-0.15, -0.1) is 22.7 Å². The van der Waals surface area contributed by atoms with E-state index in [4.69, 9.17) is 11.5 Å². The summed E-state index contributed by atoms with van der Waals surface area (Å²) in [5.74, 6) is 0. The van der Waals surface area contributed by atoms with Gasteiger partial charge in [0, 0.05) is 9.75 Å². The Bertz CT molecular complexity index is 768. The van der Waals surface area contributed by atoms with Gasteiger partial charge in [0.05, 0.1) is 11.4 Å². The van der Waals surface area contributed by atoms with Gasteiger partial charge in [0.15, 0.2) is 0 Å². The SMILES string of the molecule is C/C(=N/N=C(/[NH-])[SH2+])c1cccs1.C/C(=N/N=C(/[NH-])[SH2+])c1cccs1.CCC[CH2][Sn][CH2]CCC. The Morgan fingerprint density at radius 2 is 1.18 bits per heavy atom. The molecule has 2 radical (unpaired) electrons. The normalized spacial score (nSPS) is 12.5. The number of nitrogens with one attached hydrogen (secondary N) is 2. The number of rotatable bonds is 10. The molecule has 0 aromatic carbocycles. The minimum atomic E-state index is 0.0332. The summed E-state index contributed by atoms with van der Waals surface area (Å²) in [7, 11) is 0. The maximum atomic E-state index is 6.96. The van der Waals surface area contributed by atoms with Crippen LogP contribution >= 0.6 is 22.7 Å². The Labute approximate surface area is 228 Å². The Kier molecular flexibility index (Phi) is 21.2. The molecule has 2 rings (SSSR count). The van der Waals surface area contributed by atoms with Crippen LogP contribution in [0.25, 0.3) is 11.5 Å². The Balaban J connectivity index is 0.000000472. The van der Waals surface area contributed by atoms with Crippen molar-refractivity contribution in [2.75, 3.05) is 0 Å². The van der Waals surface area contributed by atoms with E-state index < -0.39 is 0 Å². The zero-order chi connectivity index (χ0) is 24.9. The van der Waals surface area contributed by atoms with Crippen LogP contribution in [-0.2, 0) is 25.3 Å². The first-order valence-electron chi connectivity index (χ1n) is 10.7. The molecule has 6 nitrogen and oxygen atoms in total. The molecule has 0 aliphatic rings. The molecule has 11 heteroatoms. The predicted octanol–water partition coefficient (Wildman–Crippen LogP) is 6.91. The number of hydrogen-bond donors (Lipinski definition) is 0. The van der Waals surface area contributed by atoms with Crippen LogP contribution in [0.3, 0.4) is 0 Å². The summed E-state index contributed by atoms with van der Waals surface area (Å²) in [5, 5.41) is 18.9. The van der Waals surface area contributed by atoms with Gasteiger partial charge in [0.2, 0.25) is 0 Å². The molecule has 0 aliphatic carbocycles. The Morgan fingerprint density at radius 1 is 0.788 bits per heavy atom. The molecule has 2 aromatic rings. The Morgan fingerprint density at radius 3 is 1.45 bits per heavy atom. The van der Waals surface area contributed by atoms with Gasteiger partial charge in [-0.05, 0) is 62.0 Å². The van der Waals surface area contributed by atoms with Gasteiger partial charge in [-0.2, -0.15) is 0 Å². The van der Waals surface area contributed by atoms with Crippen LogP contribution in [0, 0.1) is 0 Å². The molecule has 0 amide bonds. The zero-order valence-corrected chi connectivity index (χ0v) is 26.3. The zero-order valence-electron chi connectivity index (χ0n) is 19.8. The number of nitrogens with zero attached hydrogens (tertiary/aromatic N) is 4. The fraction of sp³-hybridized carbons (Fsp3) is 0.455. The molecule has 0 aliphatic heterocycles. The van der Waals surface area contributed by atoms with Crippen LogP contribution in [-0.4, -0.2) is 42.9 Å². The summed E-state index contributed by atoms with van der Waals surface area (Å²) in [6.07, 6.45) is 5.84. The monoisotopic (exact) mass is 632 g/mol. The topological polar surface area (TPSA) is 97.0 Å². The summed E-state index contributed by atoms with van der Waals surface area (Å²) in [5.41, 5.74) is 15.6. The number of amidine groups is 2. The van der Waals surface area contributed by atoms with Crippen LogP contribution in [0.15, 0.2) is 55.4 Å². The molecular formula is C22H36N6S4Sn. The maximum absolute atomic E-state index is 6.96. The van der Waals surface area contributed by atoms with E-state index in [1.807, 2.05) is 48.9 Å². The first kappa shape index (κ1) is 32.2. The van der Waals surface area contributed by atoms with E-state index >= 15 is 0 Å². The average molecular weight is 632 g/mol. The summed E-state index contributed by atoms with van der Waals surface area (Å²) < 4.78 is 3.25. The van der Waals surface area contributed by atoms with Crippen molar-refractivity contribution in [1.82, 2.24) is 0 Å².